The van der Waals surface area contributed by atoms with E-state index < -0.39 is 18.5 Å². The van der Waals surface area contributed by atoms with Gasteiger partial charge in [-0.15, -0.1) is 0 Å². The van der Waals surface area contributed by atoms with Gasteiger partial charge in [0.25, 0.3) is 0 Å². The Hall–Kier alpha value is -1.46. The number of hydrogen-bond acceptors (Lipinski definition) is 5. The van der Waals surface area contributed by atoms with Crippen molar-refractivity contribution in [3.8, 4) is 5.75 Å². The van der Waals surface area contributed by atoms with Crippen LogP contribution in [0.4, 0.5) is 0 Å². The summed E-state index contributed by atoms with van der Waals surface area (Å²) in [5.41, 5.74) is 0. The maximum Gasteiger partial charge on any atom is 0.344 e. The van der Waals surface area contributed by atoms with Crippen molar-refractivity contribution in [3.63, 3.8) is 0 Å². The minimum atomic E-state index is -0.671. The fourth-order valence-corrected chi connectivity index (χ4v) is 3.83. The van der Waals surface area contributed by atoms with E-state index >= 15 is 0 Å². The molecular weight excluding hydrogens is 391 g/mol. The third kappa shape index (κ3) is 6.89. The molecule has 1 aliphatic rings. The Morgan fingerprint density at radius 1 is 1.15 bits per heavy atom. The molecule has 1 aliphatic carbocycles. The number of carbonyl (C=O) groups is 2. The van der Waals surface area contributed by atoms with E-state index in [0.29, 0.717) is 33.5 Å². The lowest BCUT2D eigenvalue weighted by Crippen LogP contribution is -2.37. The quantitative estimate of drug-likeness (QED) is 0.590. The van der Waals surface area contributed by atoms with Crippen molar-refractivity contribution in [1.82, 2.24) is 0 Å². The van der Waals surface area contributed by atoms with E-state index in [9.17, 15) is 9.59 Å². The third-order valence-corrected chi connectivity index (χ3v) is 5.37. The normalized spacial score (nSPS) is 22.4. The molecule has 0 N–H and O–H groups in total. The number of esters is 2. The smallest absolute Gasteiger partial charge is 0.344 e. The van der Waals surface area contributed by atoms with Crippen LogP contribution in [-0.4, -0.2) is 31.3 Å². The lowest BCUT2D eigenvalue weighted by molar-refractivity contribution is -0.167. The summed E-state index contributed by atoms with van der Waals surface area (Å²) >= 11 is 11.8. The fourth-order valence-electron chi connectivity index (χ4n) is 3.36. The van der Waals surface area contributed by atoms with Crippen molar-refractivity contribution >= 4 is 35.1 Å². The van der Waals surface area contributed by atoms with Gasteiger partial charge in [-0.1, -0.05) is 50.4 Å². The SMILES string of the molecule is CC1CCC(C(C)C)C(OC(=O)COC(=O)COc2ccc(Cl)cc2Cl)C1. The molecule has 3 atom stereocenters. The molecule has 1 fully saturated rings. The molecule has 1 aromatic carbocycles. The van der Waals surface area contributed by atoms with E-state index in [4.69, 9.17) is 37.4 Å². The first-order valence-corrected chi connectivity index (χ1v) is 9.94. The predicted molar refractivity (Wildman–Crippen MR) is 104 cm³/mol. The summed E-state index contributed by atoms with van der Waals surface area (Å²) in [6.45, 7) is 5.66. The highest BCUT2D eigenvalue weighted by atomic mass is 35.5. The molecule has 0 spiro atoms. The summed E-state index contributed by atoms with van der Waals surface area (Å²) in [6.07, 6.45) is 2.92. The minimum absolute atomic E-state index is 0.121. The van der Waals surface area contributed by atoms with E-state index in [2.05, 4.69) is 20.8 Å². The average molecular weight is 417 g/mol. The van der Waals surface area contributed by atoms with E-state index in [1.165, 1.54) is 6.07 Å². The second-order valence-electron chi connectivity index (χ2n) is 7.38. The number of benzene rings is 1. The Morgan fingerprint density at radius 2 is 1.89 bits per heavy atom. The predicted octanol–water partition coefficient (Wildman–Crippen LogP) is 4.92. The molecule has 0 bridgehead atoms. The van der Waals surface area contributed by atoms with Gasteiger partial charge in [0.05, 0.1) is 5.02 Å². The Morgan fingerprint density at radius 3 is 2.56 bits per heavy atom. The van der Waals surface area contributed by atoms with Gasteiger partial charge in [-0.25, -0.2) is 9.59 Å². The summed E-state index contributed by atoms with van der Waals surface area (Å²) < 4.78 is 15.8. The molecule has 0 amide bonds. The number of hydrogen-bond donors (Lipinski definition) is 0. The summed E-state index contributed by atoms with van der Waals surface area (Å²) in [4.78, 5) is 23.9. The van der Waals surface area contributed by atoms with Crippen LogP contribution < -0.4 is 4.74 Å². The van der Waals surface area contributed by atoms with Crippen LogP contribution in [0.15, 0.2) is 18.2 Å². The molecule has 0 saturated heterocycles. The molecule has 2 rings (SSSR count). The number of halogens is 2. The van der Waals surface area contributed by atoms with Gasteiger partial charge in [0.15, 0.2) is 13.2 Å². The zero-order chi connectivity index (χ0) is 20.0. The molecule has 0 radical (unpaired) electrons. The summed E-state index contributed by atoms with van der Waals surface area (Å²) in [7, 11) is 0. The molecule has 27 heavy (non-hydrogen) atoms. The monoisotopic (exact) mass is 416 g/mol. The van der Waals surface area contributed by atoms with E-state index in [0.717, 1.165) is 19.3 Å². The first-order chi connectivity index (χ1) is 12.8. The molecule has 0 heterocycles. The van der Waals surface area contributed by atoms with Gasteiger partial charge in [-0.05, 0) is 48.8 Å². The molecule has 5 nitrogen and oxygen atoms in total. The van der Waals surface area contributed by atoms with Crippen LogP contribution in [0, 0.1) is 17.8 Å². The van der Waals surface area contributed by atoms with Gasteiger partial charge in [0, 0.05) is 5.02 Å². The van der Waals surface area contributed by atoms with Gasteiger partial charge in [0.1, 0.15) is 11.9 Å². The highest BCUT2D eigenvalue weighted by Gasteiger charge is 2.33. The van der Waals surface area contributed by atoms with Gasteiger partial charge in [-0.3, -0.25) is 0 Å². The molecule has 0 aliphatic heterocycles. The summed E-state index contributed by atoms with van der Waals surface area (Å²) in [5, 5.41) is 0.760. The van der Waals surface area contributed by atoms with Crippen molar-refractivity contribution in [3.05, 3.63) is 28.2 Å². The Kier molecular flexibility index (Phi) is 8.24. The van der Waals surface area contributed by atoms with E-state index in [1.54, 1.807) is 12.1 Å². The van der Waals surface area contributed by atoms with Crippen LogP contribution >= 0.6 is 23.2 Å². The Labute approximate surface area is 170 Å². The van der Waals surface area contributed by atoms with Gasteiger partial charge in [0.2, 0.25) is 0 Å². The van der Waals surface area contributed by atoms with Crippen LogP contribution in [0.2, 0.25) is 10.0 Å². The summed E-state index contributed by atoms with van der Waals surface area (Å²) in [6, 6.07) is 4.67. The number of rotatable bonds is 7. The van der Waals surface area contributed by atoms with Gasteiger partial charge < -0.3 is 14.2 Å². The molecule has 3 unspecified atom stereocenters. The van der Waals surface area contributed by atoms with Crippen molar-refractivity contribution < 1.29 is 23.8 Å². The minimum Gasteiger partial charge on any atom is -0.480 e. The zero-order valence-electron chi connectivity index (χ0n) is 15.9. The Balaban J connectivity index is 1.76. The first kappa shape index (κ1) is 21.8. The first-order valence-electron chi connectivity index (χ1n) is 9.19. The Bertz CT molecular complexity index is 662. The van der Waals surface area contributed by atoms with Crippen LogP contribution in [0.1, 0.15) is 40.0 Å². The second kappa shape index (κ2) is 10.2. The summed E-state index contributed by atoms with van der Waals surface area (Å²) in [5.74, 6) is 0.425. The molecule has 7 heteroatoms. The lowest BCUT2D eigenvalue weighted by Gasteiger charge is -2.36. The van der Waals surface area contributed by atoms with Crippen molar-refractivity contribution in [2.45, 2.75) is 46.1 Å². The van der Waals surface area contributed by atoms with Crippen LogP contribution in [-0.2, 0) is 19.1 Å². The van der Waals surface area contributed by atoms with E-state index in [-0.39, 0.29) is 12.7 Å². The van der Waals surface area contributed by atoms with E-state index in [1.807, 2.05) is 0 Å². The van der Waals surface area contributed by atoms with Gasteiger partial charge in [-0.2, -0.15) is 0 Å². The maximum atomic E-state index is 12.1. The molecule has 0 aromatic heterocycles. The van der Waals surface area contributed by atoms with Crippen molar-refractivity contribution in [2.24, 2.45) is 17.8 Å². The molecule has 150 valence electrons. The van der Waals surface area contributed by atoms with Gasteiger partial charge >= 0.3 is 11.9 Å². The van der Waals surface area contributed by atoms with Crippen LogP contribution in [0.25, 0.3) is 0 Å². The van der Waals surface area contributed by atoms with Crippen LogP contribution in [0.5, 0.6) is 5.75 Å². The standard InChI is InChI=1S/C20H26Cl2O5/c1-12(2)15-6-4-13(3)8-18(15)27-20(24)11-26-19(23)10-25-17-7-5-14(21)9-16(17)22/h5,7,9,12-13,15,18H,4,6,8,10-11H2,1-3H3. The molecule has 1 saturated carbocycles. The van der Waals surface area contributed by atoms with Crippen molar-refractivity contribution in [2.75, 3.05) is 13.2 Å². The lowest BCUT2D eigenvalue weighted by atomic mass is 9.75. The van der Waals surface area contributed by atoms with Crippen LogP contribution in [0.3, 0.4) is 0 Å². The number of carbonyl (C=O) groups excluding carboxylic acids is 2. The molecule has 1 aromatic rings. The topological polar surface area (TPSA) is 61.8 Å². The maximum absolute atomic E-state index is 12.1. The zero-order valence-corrected chi connectivity index (χ0v) is 17.4. The highest BCUT2D eigenvalue weighted by molar-refractivity contribution is 6.35. The molecular formula is C20H26Cl2O5. The highest BCUT2D eigenvalue weighted by Crippen LogP contribution is 2.35. The third-order valence-electron chi connectivity index (χ3n) is 4.83. The van der Waals surface area contributed by atoms with Crippen molar-refractivity contribution in [1.29, 1.82) is 0 Å². The number of ether oxygens (including phenoxy) is 3. The average Bonchev–Trinajstić information content (AvgIpc) is 2.59. The second-order valence-corrected chi connectivity index (χ2v) is 8.22. The largest absolute Gasteiger partial charge is 0.480 e. The fraction of sp³-hybridized carbons (Fsp3) is 0.600.